The summed E-state index contributed by atoms with van der Waals surface area (Å²) in [6.07, 6.45) is 2.89. The van der Waals surface area contributed by atoms with E-state index in [1.807, 2.05) is 12.1 Å². The summed E-state index contributed by atoms with van der Waals surface area (Å²) in [7, 11) is 2.28. The van der Waals surface area contributed by atoms with Crippen molar-refractivity contribution in [2.24, 2.45) is 5.92 Å². The predicted molar refractivity (Wildman–Crippen MR) is 107 cm³/mol. The van der Waals surface area contributed by atoms with E-state index in [9.17, 15) is 19.8 Å². The fourth-order valence-electron chi connectivity index (χ4n) is 4.61. The molecule has 28 heavy (non-hydrogen) atoms. The number of carbonyl (C=O) groups is 2. The average molecular weight is 423 g/mol. The Labute approximate surface area is 173 Å². The molecule has 3 unspecified atom stereocenters. The van der Waals surface area contributed by atoms with Gasteiger partial charge in [0.05, 0.1) is 48.0 Å². The lowest BCUT2D eigenvalue weighted by atomic mass is 9.93. The molecule has 3 aliphatic rings. The van der Waals surface area contributed by atoms with Crippen molar-refractivity contribution in [3.05, 3.63) is 29.8 Å². The minimum Gasteiger partial charge on any atom is -0.548 e. The van der Waals surface area contributed by atoms with Gasteiger partial charge in [-0.05, 0) is 12.5 Å². The van der Waals surface area contributed by atoms with Gasteiger partial charge < -0.3 is 24.4 Å². The van der Waals surface area contributed by atoms with Crippen LogP contribution in [0.25, 0.3) is 0 Å². The molecule has 152 valence electrons. The van der Waals surface area contributed by atoms with Crippen LogP contribution in [0.15, 0.2) is 29.2 Å². The largest absolute Gasteiger partial charge is 0.548 e. The van der Waals surface area contributed by atoms with Crippen molar-refractivity contribution >= 4 is 35.4 Å². The lowest BCUT2D eigenvalue weighted by molar-refractivity contribution is -0.911. The predicted octanol–water partition coefficient (Wildman–Crippen LogP) is 0.877. The fraction of sp³-hybridized carbons (Fsp3) is 0.600. The van der Waals surface area contributed by atoms with Crippen LogP contribution in [0.1, 0.15) is 24.8 Å². The molecule has 0 bridgehead atoms. The number of carbonyl (C=O) groups excluding carboxylic acids is 2. The van der Waals surface area contributed by atoms with Gasteiger partial charge in [0.1, 0.15) is 6.54 Å². The minimum atomic E-state index is -1.20. The number of amides is 1. The van der Waals surface area contributed by atoms with Crippen molar-refractivity contribution in [2.75, 3.05) is 26.7 Å². The first-order valence-electron chi connectivity index (χ1n) is 9.81. The zero-order valence-electron chi connectivity index (χ0n) is 16.0. The Morgan fingerprint density at radius 1 is 1.36 bits per heavy atom. The normalized spacial score (nSPS) is 30.9. The number of nitrogens with zero attached hydrogens (tertiary/aromatic N) is 2. The number of hydrogen-bond donors (Lipinski definition) is 1. The standard InChI is InChI=1S/C20H26N2O4S2/c1-22(9-4-5-10-22)12-13-6-2-3-7-15(13)27-20-16(19(25)26)21-17(24)14(8-11-23)18(21)28-20/h2-3,6-7,14,16,18,20,23H,4-5,8-12H2,1H3/t14-,16?,18?,20?/m0/s1. The zero-order valence-corrected chi connectivity index (χ0v) is 17.6. The molecule has 4 atom stereocenters. The molecule has 3 heterocycles. The van der Waals surface area contributed by atoms with Crippen molar-refractivity contribution in [1.29, 1.82) is 0 Å². The molecule has 1 aromatic rings. The van der Waals surface area contributed by atoms with E-state index in [0.717, 1.165) is 15.9 Å². The number of β-lactam (4-membered cyclic amide) rings is 1. The van der Waals surface area contributed by atoms with Crippen LogP contribution in [0.5, 0.6) is 0 Å². The molecule has 0 radical (unpaired) electrons. The smallest absolute Gasteiger partial charge is 0.230 e. The highest BCUT2D eigenvalue weighted by atomic mass is 32.2. The molecule has 0 spiro atoms. The lowest BCUT2D eigenvalue weighted by Crippen LogP contribution is -2.63. The van der Waals surface area contributed by atoms with Gasteiger partial charge in [-0.3, -0.25) is 4.79 Å². The Hall–Kier alpha value is -1.22. The third-order valence-electron chi connectivity index (χ3n) is 6.12. The van der Waals surface area contributed by atoms with Crippen LogP contribution in [0.2, 0.25) is 0 Å². The molecule has 1 amide bonds. The third kappa shape index (κ3) is 3.56. The number of carboxylic acids is 1. The van der Waals surface area contributed by atoms with Gasteiger partial charge in [0, 0.05) is 29.9 Å². The Kier molecular flexibility index (Phi) is 5.66. The van der Waals surface area contributed by atoms with E-state index in [2.05, 4.69) is 19.2 Å². The number of aliphatic hydroxyl groups is 1. The summed E-state index contributed by atoms with van der Waals surface area (Å²) in [5.41, 5.74) is 1.24. The maximum absolute atomic E-state index is 12.4. The molecule has 0 saturated carbocycles. The molecule has 4 rings (SSSR count). The number of aliphatic carboxylic acids is 1. The number of quaternary nitrogens is 1. The topological polar surface area (TPSA) is 80.7 Å². The van der Waals surface area contributed by atoms with Crippen LogP contribution < -0.4 is 5.11 Å². The maximum Gasteiger partial charge on any atom is 0.230 e. The van der Waals surface area contributed by atoms with Crippen molar-refractivity contribution in [2.45, 2.75) is 46.7 Å². The summed E-state index contributed by atoms with van der Waals surface area (Å²) in [5, 5.41) is 20.9. The average Bonchev–Trinajstić information content (AvgIpc) is 3.23. The van der Waals surface area contributed by atoms with Gasteiger partial charge in [-0.15, -0.1) is 23.5 Å². The Balaban J connectivity index is 1.54. The van der Waals surface area contributed by atoms with E-state index in [0.29, 0.717) is 6.42 Å². The maximum atomic E-state index is 12.4. The minimum absolute atomic E-state index is 0.0611. The first-order valence-corrected chi connectivity index (χ1v) is 11.6. The molecule has 1 aromatic carbocycles. The summed E-state index contributed by atoms with van der Waals surface area (Å²) >= 11 is 3.07. The second-order valence-corrected chi connectivity index (χ2v) is 10.9. The molecule has 0 aromatic heterocycles. The summed E-state index contributed by atoms with van der Waals surface area (Å²) in [6, 6.07) is 7.28. The van der Waals surface area contributed by atoms with Crippen LogP contribution in [-0.4, -0.2) is 69.1 Å². The van der Waals surface area contributed by atoms with Gasteiger partial charge in [0.15, 0.2) is 0 Å². The van der Waals surface area contributed by atoms with Crippen molar-refractivity contribution in [3.63, 3.8) is 0 Å². The van der Waals surface area contributed by atoms with Gasteiger partial charge in [-0.2, -0.15) is 0 Å². The second-order valence-electron chi connectivity index (χ2n) is 8.18. The molecule has 3 aliphatic heterocycles. The molecule has 6 nitrogen and oxygen atoms in total. The summed E-state index contributed by atoms with van der Waals surface area (Å²) in [4.78, 5) is 26.8. The van der Waals surface area contributed by atoms with E-state index >= 15 is 0 Å². The number of carboxylic acid groups (broad SMARTS) is 1. The van der Waals surface area contributed by atoms with Gasteiger partial charge in [-0.1, -0.05) is 18.2 Å². The Morgan fingerprint density at radius 3 is 2.75 bits per heavy atom. The van der Waals surface area contributed by atoms with Crippen molar-refractivity contribution in [1.82, 2.24) is 4.90 Å². The molecule has 8 heteroatoms. The highest BCUT2D eigenvalue weighted by Gasteiger charge is 2.58. The van der Waals surface area contributed by atoms with Crippen molar-refractivity contribution in [3.8, 4) is 0 Å². The molecule has 3 fully saturated rings. The quantitative estimate of drug-likeness (QED) is 0.519. The van der Waals surface area contributed by atoms with Crippen LogP contribution in [0.4, 0.5) is 0 Å². The number of aliphatic hydroxyl groups excluding tert-OH is 1. The number of likely N-dealkylation sites (tertiary alicyclic amines) is 1. The van der Waals surface area contributed by atoms with Gasteiger partial charge in [0.2, 0.25) is 5.91 Å². The first kappa shape index (κ1) is 20.1. The first-order chi connectivity index (χ1) is 13.4. The number of benzene rings is 1. The van der Waals surface area contributed by atoms with Crippen LogP contribution >= 0.6 is 23.5 Å². The van der Waals surface area contributed by atoms with Crippen LogP contribution in [0, 0.1) is 5.92 Å². The number of hydrogen-bond acceptors (Lipinski definition) is 6. The van der Waals surface area contributed by atoms with E-state index in [1.54, 1.807) is 11.8 Å². The number of rotatable bonds is 7. The van der Waals surface area contributed by atoms with E-state index in [-0.39, 0.29) is 28.4 Å². The summed E-state index contributed by atoms with van der Waals surface area (Å²) < 4.78 is 0.721. The summed E-state index contributed by atoms with van der Waals surface area (Å²) in [5.74, 6) is -1.65. The second kappa shape index (κ2) is 7.89. The van der Waals surface area contributed by atoms with Gasteiger partial charge in [0.25, 0.3) is 0 Å². The molecular weight excluding hydrogens is 396 g/mol. The lowest BCUT2D eigenvalue weighted by Gasteiger charge is -2.44. The monoisotopic (exact) mass is 422 g/mol. The van der Waals surface area contributed by atoms with E-state index < -0.39 is 12.0 Å². The Morgan fingerprint density at radius 2 is 2.07 bits per heavy atom. The van der Waals surface area contributed by atoms with E-state index in [1.165, 1.54) is 48.2 Å². The van der Waals surface area contributed by atoms with Gasteiger partial charge >= 0.3 is 0 Å². The SMILES string of the molecule is C[N+]1(Cc2ccccc2SC2SC3[C@@H](CCO)C(=O)N3C2C(=O)[O-])CCCC1. The highest BCUT2D eigenvalue weighted by Crippen LogP contribution is 2.53. The fourth-order valence-corrected chi connectivity index (χ4v) is 8.03. The number of fused-ring (bicyclic) bond motifs is 1. The van der Waals surface area contributed by atoms with E-state index in [4.69, 9.17) is 0 Å². The molecule has 3 saturated heterocycles. The van der Waals surface area contributed by atoms with Crippen LogP contribution in [-0.2, 0) is 16.1 Å². The zero-order chi connectivity index (χ0) is 19.9. The third-order valence-corrected chi connectivity index (χ3v) is 9.24. The van der Waals surface area contributed by atoms with Gasteiger partial charge in [-0.25, -0.2) is 0 Å². The van der Waals surface area contributed by atoms with Crippen molar-refractivity contribution < 1.29 is 24.3 Å². The summed E-state index contributed by atoms with van der Waals surface area (Å²) in [6.45, 7) is 3.22. The number of thioether (sulfide) groups is 2. The molecule has 0 aliphatic carbocycles. The molecular formula is C20H26N2O4S2. The van der Waals surface area contributed by atoms with Crippen LogP contribution in [0.3, 0.4) is 0 Å². The highest BCUT2D eigenvalue weighted by molar-refractivity contribution is 8.17. The Bertz CT molecular complexity index is 768. The molecule has 1 N–H and O–H groups in total.